The second-order valence-electron chi connectivity index (χ2n) is 5.55. The summed E-state index contributed by atoms with van der Waals surface area (Å²) in [7, 11) is 0. The number of benzene rings is 1. The third-order valence-electron chi connectivity index (χ3n) is 3.40. The Balaban J connectivity index is 1.79. The van der Waals surface area contributed by atoms with Crippen LogP contribution >= 0.6 is 0 Å². The van der Waals surface area contributed by atoms with Crippen molar-refractivity contribution in [2.24, 2.45) is 5.92 Å². The first kappa shape index (κ1) is 13.9. The van der Waals surface area contributed by atoms with Crippen molar-refractivity contribution >= 4 is 6.09 Å². The van der Waals surface area contributed by atoms with Crippen LogP contribution in [0, 0.1) is 5.92 Å². The summed E-state index contributed by atoms with van der Waals surface area (Å²) in [6, 6.07) is 9.54. The van der Waals surface area contributed by atoms with E-state index in [1.165, 1.54) is 12.8 Å². The molecular formula is C15H21NO3. The fourth-order valence-corrected chi connectivity index (χ4v) is 2.12. The molecule has 1 unspecified atom stereocenters. The normalized spacial score (nSPS) is 17.6. The van der Waals surface area contributed by atoms with E-state index in [0.29, 0.717) is 5.92 Å². The summed E-state index contributed by atoms with van der Waals surface area (Å²) in [5.74, 6) is 0.631. The topological polar surface area (TPSA) is 58.6 Å². The Morgan fingerprint density at radius 2 is 2.11 bits per heavy atom. The van der Waals surface area contributed by atoms with Crippen LogP contribution in [-0.4, -0.2) is 23.3 Å². The summed E-state index contributed by atoms with van der Waals surface area (Å²) in [6.07, 6.45) is 2.72. The largest absolute Gasteiger partial charge is 0.445 e. The van der Waals surface area contributed by atoms with Gasteiger partial charge in [-0.05, 0) is 24.8 Å². The standard InChI is InChI=1S/C15H21NO3/c1-15(11-17,9-12-7-8-12)16-14(18)19-10-13-5-3-2-4-6-13/h2-6,12,17H,7-11H2,1H3,(H,16,18). The van der Waals surface area contributed by atoms with Crippen LogP contribution in [0.25, 0.3) is 0 Å². The lowest BCUT2D eigenvalue weighted by Crippen LogP contribution is -2.49. The molecule has 1 amide bonds. The van der Waals surface area contributed by atoms with Crippen molar-refractivity contribution < 1.29 is 14.6 Å². The molecule has 19 heavy (non-hydrogen) atoms. The maximum Gasteiger partial charge on any atom is 0.407 e. The van der Waals surface area contributed by atoms with Gasteiger partial charge in [-0.1, -0.05) is 43.2 Å². The Bertz CT molecular complexity index is 417. The highest BCUT2D eigenvalue weighted by atomic mass is 16.5. The van der Waals surface area contributed by atoms with E-state index in [9.17, 15) is 9.90 Å². The molecule has 4 heteroatoms. The minimum absolute atomic E-state index is 0.0655. The molecule has 2 N–H and O–H groups in total. The van der Waals surface area contributed by atoms with E-state index in [-0.39, 0.29) is 13.2 Å². The first-order chi connectivity index (χ1) is 9.11. The molecule has 1 aromatic rings. The van der Waals surface area contributed by atoms with Gasteiger partial charge in [-0.2, -0.15) is 0 Å². The van der Waals surface area contributed by atoms with Gasteiger partial charge in [0.25, 0.3) is 0 Å². The van der Waals surface area contributed by atoms with Crippen molar-refractivity contribution in [3.8, 4) is 0 Å². The maximum atomic E-state index is 11.7. The smallest absolute Gasteiger partial charge is 0.407 e. The van der Waals surface area contributed by atoms with Gasteiger partial charge in [-0.15, -0.1) is 0 Å². The summed E-state index contributed by atoms with van der Waals surface area (Å²) in [6.45, 7) is 2.04. The van der Waals surface area contributed by atoms with Gasteiger partial charge in [0.2, 0.25) is 0 Å². The van der Waals surface area contributed by atoms with Crippen molar-refractivity contribution in [2.75, 3.05) is 6.61 Å². The number of hydrogen-bond donors (Lipinski definition) is 2. The maximum absolute atomic E-state index is 11.7. The zero-order chi connectivity index (χ0) is 13.7. The highest BCUT2D eigenvalue weighted by molar-refractivity contribution is 5.68. The fourth-order valence-electron chi connectivity index (χ4n) is 2.12. The van der Waals surface area contributed by atoms with Gasteiger partial charge in [-0.3, -0.25) is 0 Å². The summed E-state index contributed by atoms with van der Waals surface area (Å²) in [4.78, 5) is 11.7. The molecule has 1 aromatic carbocycles. The van der Waals surface area contributed by atoms with Gasteiger partial charge in [-0.25, -0.2) is 4.79 Å². The number of alkyl carbamates (subject to hydrolysis) is 1. The van der Waals surface area contributed by atoms with Crippen LogP contribution < -0.4 is 5.32 Å². The van der Waals surface area contributed by atoms with Gasteiger partial charge in [0.1, 0.15) is 6.61 Å². The second-order valence-corrected chi connectivity index (χ2v) is 5.55. The highest BCUT2D eigenvalue weighted by Crippen LogP contribution is 2.36. The van der Waals surface area contributed by atoms with Crippen molar-refractivity contribution in [1.29, 1.82) is 0 Å². The molecule has 1 aliphatic rings. The molecule has 0 bridgehead atoms. The molecule has 1 saturated carbocycles. The van der Waals surface area contributed by atoms with E-state index in [1.807, 2.05) is 37.3 Å². The van der Waals surface area contributed by atoms with Gasteiger partial charge in [0.15, 0.2) is 0 Å². The second kappa shape index (κ2) is 6.06. The van der Waals surface area contributed by atoms with Crippen LogP contribution in [0.3, 0.4) is 0 Å². The molecule has 0 aliphatic heterocycles. The average Bonchev–Trinajstić information content (AvgIpc) is 3.21. The predicted octanol–water partition coefficient (Wildman–Crippen LogP) is 2.46. The van der Waals surface area contributed by atoms with Crippen molar-refractivity contribution in [1.82, 2.24) is 5.32 Å². The molecule has 0 spiro atoms. The fraction of sp³-hybridized carbons (Fsp3) is 0.533. The molecule has 104 valence electrons. The SMILES string of the molecule is CC(CO)(CC1CC1)NC(=O)OCc1ccccc1. The molecule has 4 nitrogen and oxygen atoms in total. The number of carbonyl (C=O) groups is 1. The first-order valence-electron chi connectivity index (χ1n) is 6.71. The molecule has 0 saturated heterocycles. The van der Waals surface area contributed by atoms with Crippen molar-refractivity contribution in [2.45, 2.75) is 38.3 Å². The summed E-state index contributed by atoms with van der Waals surface area (Å²) in [5.41, 5.74) is 0.375. The highest BCUT2D eigenvalue weighted by Gasteiger charge is 2.34. The predicted molar refractivity (Wildman–Crippen MR) is 72.6 cm³/mol. The third-order valence-corrected chi connectivity index (χ3v) is 3.40. The summed E-state index contributed by atoms with van der Waals surface area (Å²) >= 11 is 0. The average molecular weight is 263 g/mol. The van der Waals surface area contributed by atoms with Crippen LogP contribution in [0.15, 0.2) is 30.3 Å². The van der Waals surface area contributed by atoms with E-state index in [1.54, 1.807) is 0 Å². The monoisotopic (exact) mass is 263 g/mol. The number of carbonyl (C=O) groups excluding carboxylic acids is 1. The summed E-state index contributed by atoms with van der Waals surface area (Å²) in [5, 5.41) is 12.2. The van der Waals surface area contributed by atoms with Crippen LogP contribution in [0.5, 0.6) is 0 Å². The Kier molecular flexibility index (Phi) is 4.43. The quantitative estimate of drug-likeness (QED) is 0.829. The van der Waals surface area contributed by atoms with Gasteiger partial charge < -0.3 is 15.2 Å². The molecule has 2 rings (SSSR count). The minimum Gasteiger partial charge on any atom is -0.445 e. The Morgan fingerprint density at radius 3 is 2.68 bits per heavy atom. The number of nitrogens with one attached hydrogen (secondary N) is 1. The summed E-state index contributed by atoms with van der Waals surface area (Å²) < 4.78 is 5.17. The Labute approximate surface area is 113 Å². The number of hydrogen-bond acceptors (Lipinski definition) is 3. The van der Waals surface area contributed by atoms with Crippen LogP contribution in [-0.2, 0) is 11.3 Å². The molecular weight excluding hydrogens is 242 g/mol. The number of amides is 1. The number of ether oxygens (including phenoxy) is 1. The lowest BCUT2D eigenvalue weighted by molar-refractivity contribution is 0.106. The van der Waals surface area contributed by atoms with Crippen molar-refractivity contribution in [3.63, 3.8) is 0 Å². The van der Waals surface area contributed by atoms with E-state index < -0.39 is 11.6 Å². The molecule has 1 aliphatic carbocycles. The Hall–Kier alpha value is -1.55. The molecule has 1 atom stereocenters. The van der Waals surface area contributed by atoms with Gasteiger partial charge >= 0.3 is 6.09 Å². The minimum atomic E-state index is -0.574. The van der Waals surface area contributed by atoms with Gasteiger partial charge in [0.05, 0.1) is 12.1 Å². The van der Waals surface area contributed by atoms with E-state index in [2.05, 4.69) is 5.32 Å². The molecule has 0 aromatic heterocycles. The lowest BCUT2D eigenvalue weighted by Gasteiger charge is -2.28. The van der Waals surface area contributed by atoms with E-state index in [0.717, 1.165) is 12.0 Å². The lowest BCUT2D eigenvalue weighted by atomic mass is 9.96. The van der Waals surface area contributed by atoms with E-state index >= 15 is 0 Å². The van der Waals surface area contributed by atoms with Crippen LogP contribution in [0.4, 0.5) is 4.79 Å². The molecule has 0 heterocycles. The van der Waals surface area contributed by atoms with Gasteiger partial charge in [0, 0.05) is 0 Å². The first-order valence-corrected chi connectivity index (χ1v) is 6.71. The van der Waals surface area contributed by atoms with Crippen LogP contribution in [0.2, 0.25) is 0 Å². The number of aliphatic hydroxyl groups is 1. The molecule has 1 fully saturated rings. The third kappa shape index (κ3) is 4.56. The zero-order valence-corrected chi connectivity index (χ0v) is 11.3. The molecule has 0 radical (unpaired) electrons. The van der Waals surface area contributed by atoms with Crippen molar-refractivity contribution in [3.05, 3.63) is 35.9 Å². The van der Waals surface area contributed by atoms with Crippen LogP contribution in [0.1, 0.15) is 31.7 Å². The Morgan fingerprint density at radius 1 is 1.42 bits per heavy atom. The number of aliphatic hydroxyl groups excluding tert-OH is 1. The zero-order valence-electron chi connectivity index (χ0n) is 11.3. The number of rotatable bonds is 6. The van der Waals surface area contributed by atoms with E-state index in [4.69, 9.17) is 4.74 Å².